The van der Waals surface area contributed by atoms with Gasteiger partial charge < -0.3 is 19.3 Å². The Morgan fingerprint density at radius 3 is 1.00 bits per heavy atom. The molecule has 0 atom stereocenters. The number of hydrogen-bond donors (Lipinski definition) is 2. The Hall–Kier alpha value is -1.56. The lowest BCUT2D eigenvalue weighted by Crippen LogP contribution is -2.34. The maximum Gasteiger partial charge on any atom is 0.522 e. The van der Waals surface area contributed by atoms with Crippen LogP contribution in [-0.2, 0) is 49.9 Å². The number of hydrogen-bond acceptors (Lipinski definition) is 14. The number of halogens is 10. The second-order valence-electron chi connectivity index (χ2n) is 11.3. The van der Waals surface area contributed by atoms with Crippen molar-refractivity contribution in [1.82, 2.24) is 18.4 Å². The number of carbonyl (C=O) groups excluding carboxylic acids is 2. The zero-order valence-electron chi connectivity index (χ0n) is 30.1. The van der Waals surface area contributed by atoms with Crippen molar-refractivity contribution in [2.24, 2.45) is 0 Å². The molecule has 0 saturated carbocycles. The molecule has 2 aromatic rings. The van der Waals surface area contributed by atoms with Crippen LogP contribution in [0.2, 0.25) is 0 Å². The van der Waals surface area contributed by atoms with E-state index in [4.69, 9.17) is 35.4 Å². The normalized spacial score (nSPS) is 12.9. The van der Waals surface area contributed by atoms with E-state index in [1.165, 1.54) is 38.4 Å². The van der Waals surface area contributed by atoms with E-state index in [0.717, 1.165) is 8.61 Å². The van der Waals surface area contributed by atoms with Crippen molar-refractivity contribution in [2.45, 2.75) is 20.8 Å². The van der Waals surface area contributed by atoms with Gasteiger partial charge in [0, 0.05) is 49.2 Å². The summed E-state index contributed by atoms with van der Waals surface area (Å²) in [5.41, 5.74) is -11.1. The van der Waals surface area contributed by atoms with Gasteiger partial charge in [0.25, 0.3) is 0 Å². The second-order valence-corrected chi connectivity index (χ2v) is 21.7. The molecule has 0 bridgehead atoms. The van der Waals surface area contributed by atoms with Gasteiger partial charge in [0.05, 0.1) is 8.95 Å². The van der Waals surface area contributed by atoms with Gasteiger partial charge in [-0.05, 0) is 84.3 Å². The third-order valence-electron chi connectivity index (χ3n) is 6.19. The van der Waals surface area contributed by atoms with Crippen LogP contribution >= 0.6 is 63.7 Å². The van der Waals surface area contributed by atoms with Crippen molar-refractivity contribution in [3.63, 3.8) is 0 Å². The largest absolute Gasteiger partial charge is 0.522 e. The van der Waals surface area contributed by atoms with Gasteiger partial charge in [0.15, 0.2) is 11.5 Å². The minimum absolute atomic E-state index is 0.0632. The maximum absolute atomic E-state index is 13.4. The number of rotatable bonds is 12. The molecule has 2 aromatic carbocycles. The predicted octanol–water partition coefficient (Wildman–Crippen LogP) is 4.40. The van der Waals surface area contributed by atoms with Gasteiger partial charge in [-0.2, -0.15) is 51.8 Å². The summed E-state index contributed by atoms with van der Waals surface area (Å²) in [5.74, 6) is -4.04. The summed E-state index contributed by atoms with van der Waals surface area (Å²) < 4.78 is 182. The van der Waals surface area contributed by atoms with Crippen LogP contribution in [0.4, 0.5) is 26.3 Å². The molecule has 0 heterocycles. The first-order chi connectivity index (χ1) is 25.8. The van der Waals surface area contributed by atoms with Crippen molar-refractivity contribution >= 4 is 116 Å². The molecule has 0 saturated heterocycles. The van der Waals surface area contributed by atoms with E-state index in [-0.39, 0.29) is 31.8 Å². The topological polar surface area (TPSA) is 243 Å². The third kappa shape index (κ3) is 17.4. The highest BCUT2D eigenvalue weighted by Crippen LogP contribution is 2.39. The fourth-order valence-electron chi connectivity index (χ4n) is 3.18. The van der Waals surface area contributed by atoms with Crippen molar-refractivity contribution in [3.8, 4) is 11.5 Å². The van der Waals surface area contributed by atoms with E-state index in [9.17, 15) is 52.8 Å². The highest BCUT2D eigenvalue weighted by molar-refractivity contribution is 9.11. The summed E-state index contributed by atoms with van der Waals surface area (Å²) in [5, 5.41) is 0. The molecule has 0 aliphatic carbocycles. The van der Waals surface area contributed by atoms with E-state index in [1.807, 2.05) is 0 Å². The number of nitrogens with zero attached hydrogens (tertiary/aromatic N) is 4. The minimum Gasteiger partial charge on any atom is -0.415 e. The number of benzene rings is 2. The summed E-state index contributed by atoms with van der Waals surface area (Å²) >= 11 is 12.9. The monoisotopic (exact) mass is 1180 g/mol. The van der Waals surface area contributed by atoms with Crippen molar-refractivity contribution in [3.05, 3.63) is 42.2 Å². The molecule has 0 spiro atoms. The van der Waals surface area contributed by atoms with Gasteiger partial charge in [0.1, 0.15) is 9.79 Å². The third-order valence-corrected chi connectivity index (χ3v) is 13.2. The Morgan fingerprint density at radius 2 is 0.793 bits per heavy atom. The molecule has 0 unspecified atom stereocenters. The lowest BCUT2D eigenvalue weighted by molar-refractivity contribution is -0.156. The Morgan fingerprint density at radius 1 is 0.552 bits per heavy atom. The molecule has 32 heteroatoms. The van der Waals surface area contributed by atoms with Crippen LogP contribution in [0.3, 0.4) is 0 Å². The van der Waals surface area contributed by atoms with Crippen LogP contribution in [0, 0.1) is 0 Å². The first-order valence-electron chi connectivity index (χ1n) is 14.5. The number of likely N-dealkylation sites (N-methyl/N-ethyl adjacent to an activating group) is 4. The van der Waals surface area contributed by atoms with Crippen LogP contribution in [0.15, 0.2) is 51.9 Å². The molecule has 18 nitrogen and oxygen atoms in total. The maximum atomic E-state index is 13.4. The van der Waals surface area contributed by atoms with Gasteiger partial charge in [-0.15, -0.1) is 0 Å². The summed E-state index contributed by atoms with van der Waals surface area (Å²) in [6.45, 7) is 1.10. The fourth-order valence-corrected chi connectivity index (χ4v) is 9.00. The Kier molecular flexibility index (Phi) is 21.4. The lowest BCUT2D eigenvalue weighted by Gasteiger charge is -2.22. The van der Waals surface area contributed by atoms with Gasteiger partial charge >= 0.3 is 43.2 Å². The van der Waals surface area contributed by atoms with E-state index in [1.54, 1.807) is 38.0 Å². The molecule has 0 amide bonds. The summed E-state index contributed by atoms with van der Waals surface area (Å²) in [4.78, 5) is 28.7. The molecule has 0 fully saturated rings. The second kappa shape index (κ2) is 22.0. The number of sulfonamides is 2. The van der Waals surface area contributed by atoms with E-state index in [0.29, 0.717) is 22.0 Å². The molecule has 58 heavy (non-hydrogen) atoms. The molecule has 2 N–H and O–H groups in total. The van der Waals surface area contributed by atoms with Gasteiger partial charge in [-0.25, -0.2) is 26.4 Å². The van der Waals surface area contributed by atoms with Crippen molar-refractivity contribution < 1.29 is 88.2 Å². The molecule has 0 aliphatic heterocycles. The minimum atomic E-state index is -5.84. The molecular weight excluding hydrogens is 1150 g/mol. The van der Waals surface area contributed by atoms with Crippen LogP contribution in [-0.4, -0.2) is 153 Å². The fraction of sp³-hybridized carbons (Fsp3) is 0.462. The number of alkyl halides is 6. The Balaban J connectivity index is 0.00000169. The molecule has 0 aliphatic rings. The highest BCUT2D eigenvalue weighted by Gasteiger charge is 2.45. The van der Waals surface area contributed by atoms with Crippen molar-refractivity contribution in [1.29, 1.82) is 0 Å². The standard InChI is InChI=1S/C24H30Br4N4O8S2.2CHF3O3S/c1-29(2)7-9-31(5)41(35,36)19-13-15(25)11-17(27)21(19)39-23(33)24(34)40-22-18(28)12-16(26)14-20(22)42(37,38)32(6)10-8-30(3)4;2*2-1(3,4)8(5,6)7/h11-14H,7-10H2,1-6H3;2*(H,5,6,7). The average Bonchev–Trinajstić information content (AvgIpc) is 3.02. The van der Waals surface area contributed by atoms with E-state index in [2.05, 4.69) is 63.7 Å². The van der Waals surface area contributed by atoms with Gasteiger partial charge in [-0.1, -0.05) is 31.9 Å². The predicted molar refractivity (Wildman–Crippen MR) is 207 cm³/mol. The highest BCUT2D eigenvalue weighted by atomic mass is 79.9. The molecular formula is C26H32Br4F6N4O14S4. The molecule has 0 radical (unpaired) electrons. The number of ether oxygens (including phenoxy) is 2. The first-order valence-corrected chi connectivity index (χ1v) is 23.4. The van der Waals surface area contributed by atoms with E-state index >= 15 is 0 Å². The Bertz CT molecular complexity index is 2090. The average molecular weight is 1190 g/mol. The van der Waals surface area contributed by atoms with Crippen LogP contribution in [0.5, 0.6) is 11.5 Å². The van der Waals surface area contributed by atoms with Crippen molar-refractivity contribution in [2.75, 3.05) is 68.5 Å². The van der Waals surface area contributed by atoms with E-state index < -0.39 is 74.7 Å². The molecule has 334 valence electrons. The first kappa shape index (κ1) is 56.4. The smallest absolute Gasteiger partial charge is 0.415 e. The molecule has 0 aromatic heterocycles. The van der Waals surface area contributed by atoms with Gasteiger partial charge in [-0.3, -0.25) is 9.11 Å². The summed E-state index contributed by atoms with van der Waals surface area (Å²) in [6.07, 6.45) is 0. The van der Waals surface area contributed by atoms with Crippen LogP contribution < -0.4 is 9.47 Å². The lowest BCUT2D eigenvalue weighted by atomic mass is 10.3. The summed E-state index contributed by atoms with van der Waals surface area (Å²) in [6, 6.07) is 5.35. The SMILES string of the molecule is CN(C)CCN(C)S(=O)(=O)c1cc(Br)cc(Br)c1OC(=O)C(=O)Oc1c(Br)cc(Br)cc1S(=O)(=O)N(C)CCN(C)C.O=S(=O)(O)C(F)(F)F.O=S(=O)(O)C(F)(F)F. The quantitative estimate of drug-likeness (QED) is 0.0747. The zero-order valence-corrected chi connectivity index (χ0v) is 39.7. The number of esters is 2. The van der Waals surface area contributed by atoms with Gasteiger partial charge in [0.2, 0.25) is 20.0 Å². The Labute approximate surface area is 362 Å². The van der Waals surface area contributed by atoms with Crippen LogP contribution in [0.25, 0.3) is 0 Å². The zero-order chi connectivity index (χ0) is 46.2. The number of carbonyl (C=O) groups is 2. The molecule has 2 rings (SSSR count). The van der Waals surface area contributed by atoms with Crippen LogP contribution in [0.1, 0.15) is 0 Å². The summed E-state index contributed by atoms with van der Waals surface area (Å²) in [7, 11) is -10.1.